The molecule has 0 aliphatic heterocycles. The number of nitrogens with zero attached hydrogens (tertiary/aromatic N) is 3. The quantitative estimate of drug-likeness (QED) is 0.625. The van der Waals surface area contributed by atoms with Crippen molar-refractivity contribution in [2.75, 3.05) is 0 Å². The van der Waals surface area contributed by atoms with Crippen molar-refractivity contribution in [2.24, 2.45) is 0 Å². The lowest BCUT2D eigenvalue weighted by atomic mass is 10.1. The molecule has 0 spiro atoms. The van der Waals surface area contributed by atoms with Gasteiger partial charge in [0.1, 0.15) is 5.56 Å². The highest BCUT2D eigenvalue weighted by Gasteiger charge is 2.17. The second kappa shape index (κ2) is 5.62. The molecule has 0 fully saturated rings. The van der Waals surface area contributed by atoms with Gasteiger partial charge in [0.25, 0.3) is 0 Å². The van der Waals surface area contributed by atoms with E-state index >= 15 is 0 Å². The highest BCUT2D eigenvalue weighted by Crippen LogP contribution is 2.27. The van der Waals surface area contributed by atoms with Crippen LogP contribution in [0.3, 0.4) is 0 Å². The number of carbonyl (C=O) groups is 1. The second-order valence-electron chi connectivity index (χ2n) is 5.36. The molecule has 116 valence electrons. The lowest BCUT2D eigenvalue weighted by molar-refractivity contribution is 0.0699. The third-order valence-electron chi connectivity index (χ3n) is 3.84. The van der Waals surface area contributed by atoms with E-state index in [9.17, 15) is 9.90 Å². The molecule has 0 amide bonds. The van der Waals surface area contributed by atoms with E-state index in [1.54, 1.807) is 4.52 Å². The number of aromatic carboxylic acids is 1. The van der Waals surface area contributed by atoms with Crippen LogP contribution in [0, 0.1) is 0 Å². The monoisotopic (exact) mass is 315 g/mol. The molecule has 5 nitrogen and oxygen atoms in total. The summed E-state index contributed by atoms with van der Waals surface area (Å²) in [6, 6.07) is 21.3. The molecule has 24 heavy (non-hydrogen) atoms. The van der Waals surface area contributed by atoms with Gasteiger partial charge in [0.2, 0.25) is 0 Å². The molecular weight excluding hydrogens is 302 g/mol. The van der Waals surface area contributed by atoms with Crippen LogP contribution in [0.25, 0.3) is 28.2 Å². The first-order valence-corrected chi connectivity index (χ1v) is 7.47. The number of rotatable bonds is 3. The molecule has 4 rings (SSSR count). The number of carboxylic acid groups (broad SMARTS) is 1. The fourth-order valence-electron chi connectivity index (χ4n) is 2.69. The number of hydrogen-bond acceptors (Lipinski definition) is 3. The summed E-state index contributed by atoms with van der Waals surface area (Å²) in [5.74, 6) is -1.04. The summed E-state index contributed by atoms with van der Waals surface area (Å²) in [4.78, 5) is 16.0. The zero-order chi connectivity index (χ0) is 16.5. The fraction of sp³-hybridized carbons (Fsp3) is 0. The van der Waals surface area contributed by atoms with E-state index in [-0.39, 0.29) is 5.56 Å². The Bertz CT molecular complexity index is 1020. The van der Waals surface area contributed by atoms with Gasteiger partial charge in [-0.15, -0.1) is 0 Å². The summed E-state index contributed by atoms with van der Waals surface area (Å²) in [7, 11) is 0. The predicted octanol–water partition coefficient (Wildman–Crippen LogP) is 3.76. The molecule has 2 aromatic carbocycles. The van der Waals surface area contributed by atoms with Crippen LogP contribution in [0.5, 0.6) is 0 Å². The highest BCUT2D eigenvalue weighted by atomic mass is 16.4. The molecule has 0 aliphatic carbocycles. The maximum Gasteiger partial charge on any atom is 0.341 e. The van der Waals surface area contributed by atoms with Crippen LogP contribution in [-0.4, -0.2) is 25.7 Å². The Morgan fingerprint density at radius 3 is 2.17 bits per heavy atom. The van der Waals surface area contributed by atoms with E-state index in [4.69, 9.17) is 0 Å². The fourth-order valence-corrected chi connectivity index (χ4v) is 2.69. The van der Waals surface area contributed by atoms with Crippen molar-refractivity contribution >= 4 is 11.6 Å². The van der Waals surface area contributed by atoms with Gasteiger partial charge in [-0.2, -0.15) is 5.10 Å². The van der Waals surface area contributed by atoms with Crippen molar-refractivity contribution in [1.82, 2.24) is 14.6 Å². The Morgan fingerprint density at radius 2 is 1.54 bits per heavy atom. The van der Waals surface area contributed by atoms with Crippen molar-refractivity contribution in [3.8, 4) is 22.5 Å². The minimum Gasteiger partial charge on any atom is -0.477 e. The summed E-state index contributed by atoms with van der Waals surface area (Å²) in [5, 5.41) is 13.6. The van der Waals surface area contributed by atoms with Crippen molar-refractivity contribution in [1.29, 1.82) is 0 Å². The molecule has 0 radical (unpaired) electrons. The molecule has 5 heteroatoms. The van der Waals surface area contributed by atoms with E-state index in [0.29, 0.717) is 11.3 Å². The molecule has 0 unspecified atom stereocenters. The van der Waals surface area contributed by atoms with Gasteiger partial charge in [-0.05, 0) is 6.07 Å². The molecule has 2 aromatic heterocycles. The van der Waals surface area contributed by atoms with Gasteiger partial charge in [0.05, 0.1) is 17.6 Å². The minimum atomic E-state index is -1.04. The zero-order valence-electron chi connectivity index (χ0n) is 12.6. The number of fused-ring (bicyclic) bond motifs is 1. The highest BCUT2D eigenvalue weighted by molar-refractivity contribution is 5.95. The Kier molecular flexibility index (Phi) is 3.31. The summed E-state index contributed by atoms with van der Waals surface area (Å²) >= 11 is 0. The number of benzene rings is 2. The molecule has 0 atom stereocenters. The van der Waals surface area contributed by atoms with Crippen molar-refractivity contribution in [2.45, 2.75) is 0 Å². The van der Waals surface area contributed by atoms with Crippen LogP contribution in [-0.2, 0) is 0 Å². The average Bonchev–Trinajstić information content (AvgIpc) is 3.06. The second-order valence-corrected chi connectivity index (χ2v) is 5.36. The largest absolute Gasteiger partial charge is 0.477 e. The SMILES string of the molecule is O=C(O)c1cnn2c(-c3ccccc3)cc(-c3ccccc3)nc12. The van der Waals surface area contributed by atoms with Crippen LogP contribution in [0.4, 0.5) is 0 Å². The van der Waals surface area contributed by atoms with Crippen LogP contribution in [0.1, 0.15) is 10.4 Å². The van der Waals surface area contributed by atoms with Crippen LogP contribution < -0.4 is 0 Å². The Labute approximate surface area is 137 Å². The molecular formula is C19H13N3O2. The molecule has 4 aromatic rings. The van der Waals surface area contributed by atoms with Crippen molar-refractivity contribution in [3.63, 3.8) is 0 Å². The first-order valence-electron chi connectivity index (χ1n) is 7.47. The first kappa shape index (κ1) is 14.1. The summed E-state index contributed by atoms with van der Waals surface area (Å²) in [6.45, 7) is 0. The van der Waals surface area contributed by atoms with E-state index in [2.05, 4.69) is 10.1 Å². The molecule has 2 heterocycles. The third-order valence-corrected chi connectivity index (χ3v) is 3.84. The Balaban J connectivity index is 2.05. The number of hydrogen-bond donors (Lipinski definition) is 1. The van der Waals surface area contributed by atoms with Crippen LogP contribution in [0.15, 0.2) is 72.9 Å². The number of carboxylic acids is 1. The van der Waals surface area contributed by atoms with Crippen molar-refractivity contribution in [3.05, 3.63) is 78.5 Å². The molecule has 0 aliphatic rings. The van der Waals surface area contributed by atoms with Crippen molar-refractivity contribution < 1.29 is 9.90 Å². The van der Waals surface area contributed by atoms with E-state index in [1.165, 1.54) is 6.20 Å². The Hall–Kier alpha value is -3.47. The smallest absolute Gasteiger partial charge is 0.341 e. The van der Waals surface area contributed by atoms with Gasteiger partial charge < -0.3 is 5.11 Å². The van der Waals surface area contributed by atoms with Gasteiger partial charge in [-0.3, -0.25) is 0 Å². The summed E-state index contributed by atoms with van der Waals surface area (Å²) < 4.78 is 1.57. The van der Waals surface area contributed by atoms with E-state index < -0.39 is 5.97 Å². The molecule has 1 N–H and O–H groups in total. The maximum atomic E-state index is 11.5. The maximum absolute atomic E-state index is 11.5. The standard InChI is InChI=1S/C19H13N3O2/c23-19(24)15-12-20-22-17(14-9-5-2-6-10-14)11-16(21-18(15)22)13-7-3-1-4-8-13/h1-12H,(H,23,24). The lowest BCUT2D eigenvalue weighted by Crippen LogP contribution is -2.01. The van der Waals surface area contributed by atoms with Crippen LogP contribution in [0.2, 0.25) is 0 Å². The van der Waals surface area contributed by atoms with Gasteiger partial charge in [0, 0.05) is 11.1 Å². The summed E-state index contributed by atoms with van der Waals surface area (Å²) in [5.41, 5.74) is 3.81. The molecule has 0 bridgehead atoms. The first-order chi connectivity index (χ1) is 11.7. The van der Waals surface area contributed by atoms with Gasteiger partial charge in [-0.25, -0.2) is 14.3 Å². The van der Waals surface area contributed by atoms with Gasteiger partial charge in [-0.1, -0.05) is 60.7 Å². The van der Waals surface area contributed by atoms with E-state index in [1.807, 2.05) is 66.7 Å². The van der Waals surface area contributed by atoms with Crippen LogP contribution >= 0.6 is 0 Å². The number of aromatic nitrogens is 3. The van der Waals surface area contributed by atoms with Gasteiger partial charge in [0.15, 0.2) is 5.65 Å². The normalized spacial score (nSPS) is 10.8. The Morgan fingerprint density at radius 1 is 0.917 bits per heavy atom. The molecule has 0 saturated carbocycles. The van der Waals surface area contributed by atoms with E-state index in [0.717, 1.165) is 16.8 Å². The summed E-state index contributed by atoms with van der Waals surface area (Å²) in [6.07, 6.45) is 1.34. The lowest BCUT2D eigenvalue weighted by Gasteiger charge is -2.09. The minimum absolute atomic E-state index is 0.0879. The topological polar surface area (TPSA) is 67.5 Å². The average molecular weight is 315 g/mol. The third kappa shape index (κ3) is 2.32. The predicted molar refractivity (Wildman–Crippen MR) is 90.8 cm³/mol. The molecule has 0 saturated heterocycles. The zero-order valence-corrected chi connectivity index (χ0v) is 12.6. The van der Waals surface area contributed by atoms with Gasteiger partial charge >= 0.3 is 5.97 Å².